The molecule has 31 heavy (non-hydrogen) atoms. The van der Waals surface area contributed by atoms with Gasteiger partial charge in [-0.1, -0.05) is 0 Å². The molecule has 1 aliphatic rings. The highest BCUT2D eigenvalue weighted by Crippen LogP contribution is 2.45. The van der Waals surface area contributed by atoms with Crippen LogP contribution in [0.3, 0.4) is 0 Å². The van der Waals surface area contributed by atoms with Crippen molar-refractivity contribution in [3.05, 3.63) is 27.7 Å². The van der Waals surface area contributed by atoms with Crippen molar-refractivity contribution in [2.75, 3.05) is 33.7 Å². The molecule has 2 rings (SSSR count). The first kappa shape index (κ1) is 24.4. The van der Waals surface area contributed by atoms with E-state index in [9.17, 15) is 19.2 Å². The van der Waals surface area contributed by atoms with E-state index in [4.69, 9.17) is 18.9 Å². The van der Waals surface area contributed by atoms with Crippen LogP contribution >= 0.6 is 0 Å². The number of hydrogen-bond acceptors (Lipinski definition) is 8. The van der Waals surface area contributed by atoms with Crippen LogP contribution < -0.4 is 15.5 Å². The Bertz CT molecular complexity index is 886. The van der Waals surface area contributed by atoms with Gasteiger partial charge in [-0.05, 0) is 33.6 Å². The monoisotopic (exact) mass is 438 g/mol. The van der Waals surface area contributed by atoms with Gasteiger partial charge in [-0.15, -0.1) is 0 Å². The van der Waals surface area contributed by atoms with Crippen LogP contribution in [-0.2, 0) is 14.2 Å². The van der Waals surface area contributed by atoms with E-state index in [1.54, 1.807) is 27.9 Å². The number of ketones is 1. The van der Waals surface area contributed by atoms with Gasteiger partial charge in [0.2, 0.25) is 12.2 Å². The third-order valence-electron chi connectivity index (χ3n) is 4.95. The summed E-state index contributed by atoms with van der Waals surface area (Å²) in [6.45, 7) is 6.91. The molecule has 1 saturated carbocycles. The molecule has 1 fully saturated rings. The molecule has 0 spiro atoms. The van der Waals surface area contributed by atoms with Gasteiger partial charge in [0, 0.05) is 38.2 Å². The average Bonchev–Trinajstić information content (AvgIpc) is 3.47. The number of pyridine rings is 1. The Morgan fingerprint density at radius 1 is 1.19 bits per heavy atom. The molecule has 1 aliphatic carbocycles. The molecule has 0 bridgehead atoms. The zero-order valence-corrected chi connectivity index (χ0v) is 18.6. The smallest absolute Gasteiger partial charge is 0.451 e. The van der Waals surface area contributed by atoms with Crippen molar-refractivity contribution < 1.29 is 33.3 Å². The lowest BCUT2D eigenvalue weighted by atomic mass is 10.1. The molecule has 10 heteroatoms. The summed E-state index contributed by atoms with van der Waals surface area (Å²) >= 11 is 0. The molecule has 0 aliphatic heterocycles. The summed E-state index contributed by atoms with van der Waals surface area (Å²) in [6.07, 6.45) is 2.17. The highest BCUT2D eigenvalue weighted by Gasteiger charge is 2.44. The Morgan fingerprint density at radius 3 is 2.39 bits per heavy atom. The molecule has 0 radical (unpaired) electrons. The Labute approximate surface area is 180 Å². The van der Waals surface area contributed by atoms with Crippen LogP contribution in [0, 0.1) is 5.41 Å². The fourth-order valence-corrected chi connectivity index (χ4v) is 3.11. The molecule has 0 atom stereocenters. The predicted octanol–water partition coefficient (Wildman–Crippen LogP) is 2.30. The zero-order chi connectivity index (χ0) is 23.2. The Morgan fingerprint density at radius 2 is 1.87 bits per heavy atom. The first-order valence-electron chi connectivity index (χ1n) is 10.2. The van der Waals surface area contributed by atoms with Crippen LogP contribution in [0.1, 0.15) is 67.4 Å². The van der Waals surface area contributed by atoms with E-state index < -0.39 is 30.1 Å². The average molecular weight is 438 g/mol. The molecule has 172 valence electrons. The van der Waals surface area contributed by atoms with Crippen molar-refractivity contribution in [2.24, 2.45) is 5.41 Å². The Kier molecular flexibility index (Phi) is 8.21. The van der Waals surface area contributed by atoms with Crippen molar-refractivity contribution in [2.45, 2.75) is 46.6 Å². The second kappa shape index (κ2) is 10.4. The van der Waals surface area contributed by atoms with Crippen molar-refractivity contribution in [3.8, 4) is 5.75 Å². The Hall–Kier alpha value is -2.88. The fraction of sp³-hybridized carbons (Fsp3) is 0.619. The third kappa shape index (κ3) is 6.06. The number of hydrogen-bond donors (Lipinski definition) is 1. The van der Waals surface area contributed by atoms with Crippen molar-refractivity contribution in [1.82, 2.24) is 9.88 Å². The number of nitrogens with one attached hydrogen (secondary N) is 1. The summed E-state index contributed by atoms with van der Waals surface area (Å²) in [5.74, 6) is -1.37. The zero-order valence-electron chi connectivity index (χ0n) is 18.6. The first-order valence-corrected chi connectivity index (χ1v) is 10.2. The molecule has 10 nitrogen and oxygen atoms in total. The normalized spacial score (nSPS) is 14.1. The standard InChI is InChI=1S/C21H30N2O8/c1-6-22-19(26)15-9-23(13(2)3)16(14(4)24)18(17(15)25)30-12-31-20(27)29-11-21(7-8-21)10-28-5/h9,13H,6-8,10-12H2,1-5H3,(H,22,26). The number of ether oxygens (including phenoxy) is 4. The summed E-state index contributed by atoms with van der Waals surface area (Å²) in [4.78, 5) is 49.3. The summed E-state index contributed by atoms with van der Waals surface area (Å²) < 4.78 is 22.0. The molecular formula is C21H30N2O8. The van der Waals surface area contributed by atoms with Gasteiger partial charge >= 0.3 is 6.16 Å². The third-order valence-corrected chi connectivity index (χ3v) is 4.95. The van der Waals surface area contributed by atoms with Crippen LogP contribution in [0.5, 0.6) is 5.75 Å². The molecule has 0 unspecified atom stereocenters. The highest BCUT2D eigenvalue weighted by atomic mass is 16.8. The number of carbonyl (C=O) groups excluding carboxylic acids is 3. The molecule has 1 aromatic heterocycles. The van der Waals surface area contributed by atoms with Crippen LogP contribution in [0.15, 0.2) is 11.0 Å². The van der Waals surface area contributed by atoms with Crippen molar-refractivity contribution >= 4 is 17.8 Å². The van der Waals surface area contributed by atoms with Gasteiger partial charge in [0.1, 0.15) is 17.9 Å². The van der Waals surface area contributed by atoms with Gasteiger partial charge in [0.15, 0.2) is 11.5 Å². The van der Waals surface area contributed by atoms with Gasteiger partial charge < -0.3 is 28.8 Å². The van der Waals surface area contributed by atoms with E-state index in [0.717, 1.165) is 12.8 Å². The number of nitrogens with zero attached hydrogens (tertiary/aromatic N) is 1. The fourth-order valence-electron chi connectivity index (χ4n) is 3.11. The van der Waals surface area contributed by atoms with E-state index in [1.807, 2.05) is 0 Å². The van der Waals surface area contributed by atoms with Crippen molar-refractivity contribution in [3.63, 3.8) is 0 Å². The first-order chi connectivity index (χ1) is 14.7. The van der Waals surface area contributed by atoms with Crippen molar-refractivity contribution in [1.29, 1.82) is 0 Å². The molecule has 1 N–H and O–H groups in total. The lowest BCUT2D eigenvalue weighted by molar-refractivity contribution is -0.0112. The lowest BCUT2D eigenvalue weighted by Gasteiger charge is -2.20. The van der Waals surface area contributed by atoms with E-state index >= 15 is 0 Å². The maximum atomic E-state index is 12.9. The number of methoxy groups -OCH3 is 1. The van der Waals surface area contributed by atoms with Gasteiger partial charge in [-0.3, -0.25) is 14.4 Å². The van der Waals surface area contributed by atoms with Crippen LogP contribution in [0.2, 0.25) is 0 Å². The summed E-state index contributed by atoms with van der Waals surface area (Å²) in [5, 5.41) is 2.56. The molecule has 1 aromatic rings. The predicted molar refractivity (Wildman–Crippen MR) is 111 cm³/mol. The molecule has 0 saturated heterocycles. The summed E-state index contributed by atoms with van der Waals surface area (Å²) in [7, 11) is 1.58. The van der Waals surface area contributed by atoms with Gasteiger partial charge in [0.25, 0.3) is 5.91 Å². The number of amides is 1. The Balaban J connectivity index is 2.17. The minimum atomic E-state index is -0.962. The summed E-state index contributed by atoms with van der Waals surface area (Å²) in [6, 6.07) is -0.239. The largest absolute Gasteiger partial charge is 0.511 e. The van der Waals surface area contributed by atoms with Crippen LogP contribution in [0.4, 0.5) is 4.79 Å². The number of aromatic nitrogens is 1. The molecule has 1 amide bonds. The second-order valence-corrected chi connectivity index (χ2v) is 7.84. The van der Waals surface area contributed by atoms with E-state index in [1.165, 1.54) is 17.7 Å². The molecule has 1 heterocycles. The number of rotatable bonds is 11. The maximum absolute atomic E-state index is 12.9. The topological polar surface area (TPSA) is 122 Å². The molecular weight excluding hydrogens is 408 g/mol. The van der Waals surface area contributed by atoms with Crippen LogP contribution in [0.25, 0.3) is 0 Å². The maximum Gasteiger partial charge on any atom is 0.511 e. The van der Waals surface area contributed by atoms with E-state index in [2.05, 4.69) is 5.32 Å². The summed E-state index contributed by atoms with van der Waals surface area (Å²) in [5.41, 5.74) is -1.11. The second-order valence-electron chi connectivity index (χ2n) is 7.84. The minimum Gasteiger partial charge on any atom is -0.451 e. The highest BCUT2D eigenvalue weighted by molar-refractivity contribution is 5.98. The molecule has 0 aromatic carbocycles. The van der Waals surface area contributed by atoms with E-state index in [-0.39, 0.29) is 35.1 Å². The number of carbonyl (C=O) groups is 3. The SMILES string of the molecule is CCNC(=O)c1cn(C(C)C)c(C(C)=O)c(OCOC(=O)OCC2(COC)CC2)c1=O. The van der Waals surface area contributed by atoms with Gasteiger partial charge in [0.05, 0.1) is 6.61 Å². The number of Topliss-reactive ketones (excluding diaryl/α,β-unsaturated/α-hetero) is 1. The quantitative estimate of drug-likeness (QED) is 0.317. The van der Waals surface area contributed by atoms with Crippen LogP contribution in [-0.4, -0.2) is 56.1 Å². The lowest BCUT2D eigenvalue weighted by Crippen LogP contribution is -2.32. The minimum absolute atomic E-state index is 0.0120. The van der Waals surface area contributed by atoms with Gasteiger partial charge in [-0.25, -0.2) is 4.79 Å². The van der Waals surface area contributed by atoms with Gasteiger partial charge in [-0.2, -0.15) is 0 Å². The van der Waals surface area contributed by atoms with E-state index in [0.29, 0.717) is 13.2 Å².